The number of carbonyl (C=O) groups is 2. The summed E-state index contributed by atoms with van der Waals surface area (Å²) in [6, 6.07) is 11.0. The highest BCUT2D eigenvalue weighted by molar-refractivity contribution is 5.99. The van der Waals surface area contributed by atoms with Gasteiger partial charge in [-0.3, -0.25) is 9.59 Å². The molecule has 0 bridgehead atoms. The van der Waals surface area contributed by atoms with E-state index in [2.05, 4.69) is 5.32 Å². The lowest BCUT2D eigenvalue weighted by atomic mass is 10.1. The second kappa shape index (κ2) is 7.31. The molecule has 0 fully saturated rings. The Labute approximate surface area is 144 Å². The molecule has 0 atom stereocenters. The fourth-order valence-electron chi connectivity index (χ4n) is 2.56. The van der Waals surface area contributed by atoms with Gasteiger partial charge in [0.15, 0.2) is 6.61 Å². The molecule has 0 aliphatic carbocycles. The number of fused-ring (bicyclic) bond motifs is 1. The van der Waals surface area contributed by atoms with Crippen LogP contribution in [0.25, 0.3) is 0 Å². The van der Waals surface area contributed by atoms with Crippen LogP contribution in [0.1, 0.15) is 5.56 Å². The van der Waals surface area contributed by atoms with E-state index in [1.807, 2.05) is 0 Å². The molecular formula is C18H17FN2O4. The van der Waals surface area contributed by atoms with Crippen LogP contribution in [0.5, 0.6) is 5.75 Å². The van der Waals surface area contributed by atoms with Crippen LogP contribution in [0, 0.1) is 5.82 Å². The molecule has 1 N–H and O–H groups in total. The van der Waals surface area contributed by atoms with Crippen molar-refractivity contribution in [3.63, 3.8) is 0 Å². The molecule has 2 aromatic carbocycles. The smallest absolute Gasteiger partial charge is 0.265 e. The van der Waals surface area contributed by atoms with Gasteiger partial charge in [0.25, 0.3) is 5.91 Å². The van der Waals surface area contributed by atoms with Crippen LogP contribution >= 0.6 is 0 Å². The zero-order chi connectivity index (χ0) is 17.8. The summed E-state index contributed by atoms with van der Waals surface area (Å²) in [6.45, 7) is 0.168. The van der Waals surface area contributed by atoms with E-state index in [1.54, 1.807) is 35.2 Å². The first-order valence-electron chi connectivity index (χ1n) is 7.67. The Morgan fingerprint density at radius 2 is 2.04 bits per heavy atom. The summed E-state index contributed by atoms with van der Waals surface area (Å²) in [7, 11) is 1.44. The van der Waals surface area contributed by atoms with Gasteiger partial charge in [-0.2, -0.15) is 0 Å². The first-order chi connectivity index (χ1) is 12.1. The van der Waals surface area contributed by atoms with E-state index in [0.29, 0.717) is 23.7 Å². The van der Waals surface area contributed by atoms with Crippen molar-refractivity contribution in [2.24, 2.45) is 0 Å². The molecule has 6 nitrogen and oxygen atoms in total. The highest BCUT2D eigenvalue weighted by Crippen LogP contribution is 2.35. The maximum Gasteiger partial charge on any atom is 0.265 e. The number of anilines is 2. The molecule has 1 aliphatic rings. The minimum Gasteiger partial charge on any atom is -0.481 e. The molecule has 2 aromatic rings. The number of carbonyl (C=O) groups excluding carboxylic acids is 2. The van der Waals surface area contributed by atoms with Crippen molar-refractivity contribution in [1.82, 2.24) is 0 Å². The zero-order valence-electron chi connectivity index (χ0n) is 13.6. The number of amides is 2. The van der Waals surface area contributed by atoms with Gasteiger partial charge in [-0.05, 0) is 29.8 Å². The van der Waals surface area contributed by atoms with E-state index in [-0.39, 0.29) is 30.8 Å². The molecule has 3 rings (SSSR count). The van der Waals surface area contributed by atoms with Crippen LogP contribution in [0.3, 0.4) is 0 Å². The fraction of sp³-hybridized carbons (Fsp3) is 0.222. The topological polar surface area (TPSA) is 67.9 Å². The molecule has 0 spiro atoms. The lowest BCUT2D eigenvalue weighted by Crippen LogP contribution is -2.38. The molecule has 0 unspecified atom stereocenters. The van der Waals surface area contributed by atoms with Gasteiger partial charge in [0.05, 0.1) is 12.2 Å². The molecule has 1 heterocycles. The molecule has 0 aromatic heterocycles. The van der Waals surface area contributed by atoms with Gasteiger partial charge in [0.2, 0.25) is 5.91 Å². The molecule has 2 amide bonds. The minimum absolute atomic E-state index is 0.0485. The highest BCUT2D eigenvalue weighted by atomic mass is 19.1. The Hall–Kier alpha value is -2.93. The normalized spacial score (nSPS) is 13.2. The Bertz CT molecular complexity index is 792. The predicted octanol–water partition coefficient (Wildman–Crippen LogP) is 2.34. The molecule has 0 saturated heterocycles. The van der Waals surface area contributed by atoms with Crippen molar-refractivity contribution in [3.05, 3.63) is 53.8 Å². The van der Waals surface area contributed by atoms with E-state index in [4.69, 9.17) is 9.47 Å². The number of hydrogen-bond donors (Lipinski definition) is 1. The third-order valence-corrected chi connectivity index (χ3v) is 3.72. The molecular weight excluding hydrogens is 327 g/mol. The lowest BCUT2D eigenvalue weighted by molar-refractivity contribution is -0.121. The predicted molar refractivity (Wildman–Crippen MR) is 90.0 cm³/mol. The van der Waals surface area contributed by atoms with Gasteiger partial charge in [-0.15, -0.1) is 0 Å². The molecule has 7 heteroatoms. The van der Waals surface area contributed by atoms with Crippen LogP contribution in [-0.2, 0) is 20.9 Å². The number of hydrogen-bond acceptors (Lipinski definition) is 4. The SMILES string of the molecule is COCC(=O)Nc1ccc2c(c1)OCC(=O)N2Cc1ccc(F)cc1. The Balaban J connectivity index is 1.82. The summed E-state index contributed by atoms with van der Waals surface area (Å²) < 4.78 is 23.3. The second-order valence-electron chi connectivity index (χ2n) is 5.56. The number of nitrogens with zero attached hydrogens (tertiary/aromatic N) is 1. The minimum atomic E-state index is -0.325. The molecule has 130 valence electrons. The van der Waals surface area contributed by atoms with Crippen LogP contribution in [0.15, 0.2) is 42.5 Å². The molecule has 1 aliphatic heterocycles. The van der Waals surface area contributed by atoms with Gasteiger partial charge in [0.1, 0.15) is 18.2 Å². The summed E-state index contributed by atoms with van der Waals surface area (Å²) in [4.78, 5) is 25.4. The monoisotopic (exact) mass is 344 g/mol. The van der Waals surface area contributed by atoms with Crippen molar-refractivity contribution < 1.29 is 23.5 Å². The third-order valence-electron chi connectivity index (χ3n) is 3.72. The van der Waals surface area contributed by atoms with Gasteiger partial charge in [-0.25, -0.2) is 4.39 Å². The molecule has 0 saturated carbocycles. The highest BCUT2D eigenvalue weighted by Gasteiger charge is 2.26. The van der Waals surface area contributed by atoms with Crippen molar-refractivity contribution in [1.29, 1.82) is 0 Å². The number of rotatable bonds is 5. The van der Waals surface area contributed by atoms with Crippen LogP contribution in [0.4, 0.5) is 15.8 Å². The zero-order valence-corrected chi connectivity index (χ0v) is 13.6. The quantitative estimate of drug-likeness (QED) is 0.904. The third kappa shape index (κ3) is 3.95. The first kappa shape index (κ1) is 16.9. The van der Waals surface area contributed by atoms with E-state index in [9.17, 15) is 14.0 Å². The Morgan fingerprint density at radius 1 is 1.28 bits per heavy atom. The Kier molecular flexibility index (Phi) is 4.95. The largest absolute Gasteiger partial charge is 0.481 e. The van der Waals surface area contributed by atoms with Crippen LogP contribution < -0.4 is 15.0 Å². The number of halogens is 1. The fourth-order valence-corrected chi connectivity index (χ4v) is 2.56. The number of ether oxygens (including phenoxy) is 2. The van der Waals surface area contributed by atoms with Crippen molar-refractivity contribution in [2.45, 2.75) is 6.54 Å². The summed E-state index contributed by atoms with van der Waals surface area (Å²) in [5.41, 5.74) is 1.96. The first-order valence-corrected chi connectivity index (χ1v) is 7.67. The lowest BCUT2D eigenvalue weighted by Gasteiger charge is -2.29. The standard InChI is InChI=1S/C18H17FN2O4/c1-24-10-17(22)20-14-6-7-15-16(8-14)25-11-18(23)21(15)9-12-2-4-13(19)5-3-12/h2-8H,9-11H2,1H3,(H,20,22). The van der Waals surface area contributed by atoms with Gasteiger partial charge in [0, 0.05) is 18.9 Å². The van der Waals surface area contributed by atoms with Gasteiger partial charge < -0.3 is 19.7 Å². The van der Waals surface area contributed by atoms with Crippen molar-refractivity contribution in [2.75, 3.05) is 30.5 Å². The number of methoxy groups -OCH3 is 1. The Morgan fingerprint density at radius 3 is 2.76 bits per heavy atom. The summed E-state index contributed by atoms with van der Waals surface area (Å²) in [5.74, 6) is -0.295. The average molecular weight is 344 g/mol. The maximum absolute atomic E-state index is 13.0. The molecule has 25 heavy (non-hydrogen) atoms. The number of nitrogens with one attached hydrogen (secondary N) is 1. The van der Waals surface area contributed by atoms with E-state index in [0.717, 1.165) is 5.56 Å². The number of benzene rings is 2. The van der Waals surface area contributed by atoms with E-state index >= 15 is 0 Å². The van der Waals surface area contributed by atoms with Crippen LogP contribution in [-0.4, -0.2) is 32.1 Å². The maximum atomic E-state index is 13.0. The summed E-state index contributed by atoms with van der Waals surface area (Å²) in [6.07, 6.45) is 0. The van der Waals surface area contributed by atoms with E-state index in [1.165, 1.54) is 19.2 Å². The van der Waals surface area contributed by atoms with Gasteiger partial charge in [-0.1, -0.05) is 12.1 Å². The van der Waals surface area contributed by atoms with E-state index < -0.39 is 0 Å². The van der Waals surface area contributed by atoms with Crippen molar-refractivity contribution in [3.8, 4) is 5.75 Å². The van der Waals surface area contributed by atoms with Gasteiger partial charge >= 0.3 is 0 Å². The van der Waals surface area contributed by atoms with Crippen molar-refractivity contribution >= 4 is 23.2 Å². The summed E-state index contributed by atoms with van der Waals surface area (Å²) >= 11 is 0. The average Bonchev–Trinajstić information content (AvgIpc) is 2.59. The van der Waals surface area contributed by atoms with Crippen LogP contribution in [0.2, 0.25) is 0 Å². The summed E-state index contributed by atoms with van der Waals surface area (Å²) in [5, 5.41) is 2.69. The second-order valence-corrected chi connectivity index (χ2v) is 5.56. The molecule has 0 radical (unpaired) electrons.